The highest BCUT2D eigenvalue weighted by atomic mass is 16.6. The molecule has 5 heteroatoms. The molecule has 0 saturated carbocycles. The second-order valence-corrected chi connectivity index (χ2v) is 6.83. The number of unbranched alkanes of at least 4 members (excludes halogenated alkanes) is 4. The normalized spacial score (nSPS) is 20.5. The zero-order valence-corrected chi connectivity index (χ0v) is 17.2. The van der Waals surface area contributed by atoms with Gasteiger partial charge < -0.3 is 9.47 Å². The molecular weight excluding hydrogens is 356 g/mol. The van der Waals surface area contributed by atoms with Gasteiger partial charge in [0.25, 0.3) is 0 Å². The van der Waals surface area contributed by atoms with Crippen LogP contribution in [0.4, 0.5) is 0 Å². The molecule has 0 N–H and O–H groups in total. The van der Waals surface area contributed by atoms with E-state index < -0.39 is 11.6 Å². The summed E-state index contributed by atoms with van der Waals surface area (Å²) in [5.74, 6) is -0.812. The van der Waals surface area contributed by atoms with Crippen molar-refractivity contribution >= 4 is 17.7 Å². The summed E-state index contributed by atoms with van der Waals surface area (Å²) in [4.78, 5) is 35.1. The highest BCUT2D eigenvalue weighted by molar-refractivity contribution is 6.09. The van der Waals surface area contributed by atoms with Crippen LogP contribution in [-0.4, -0.2) is 30.4 Å². The molecule has 0 heterocycles. The van der Waals surface area contributed by atoms with E-state index in [0.717, 1.165) is 12.8 Å². The number of carbonyl (C=O) groups is 3. The van der Waals surface area contributed by atoms with E-state index in [9.17, 15) is 14.4 Å². The number of methoxy groups -OCH3 is 1. The molecule has 154 valence electrons. The zero-order valence-electron chi connectivity index (χ0n) is 17.2. The molecule has 0 saturated heterocycles. The Morgan fingerprint density at radius 1 is 1.11 bits per heavy atom. The van der Waals surface area contributed by atoms with Gasteiger partial charge in [0.15, 0.2) is 11.4 Å². The van der Waals surface area contributed by atoms with Crippen molar-refractivity contribution in [2.24, 2.45) is 0 Å². The number of esters is 2. The fraction of sp³-hybridized carbons (Fsp3) is 0.522. The number of rotatable bonds is 12. The van der Waals surface area contributed by atoms with Gasteiger partial charge in [0, 0.05) is 25.3 Å². The number of ketones is 1. The summed E-state index contributed by atoms with van der Waals surface area (Å²) < 4.78 is 10.2. The van der Waals surface area contributed by atoms with Crippen LogP contribution in [0.5, 0.6) is 0 Å². The summed E-state index contributed by atoms with van der Waals surface area (Å²) in [7, 11) is 1.37. The van der Waals surface area contributed by atoms with E-state index in [1.807, 2.05) is 12.2 Å². The average Bonchev–Trinajstić information content (AvgIpc) is 2.96. The van der Waals surface area contributed by atoms with Crippen LogP contribution in [0.3, 0.4) is 0 Å². The number of hydrogen-bond donors (Lipinski definition) is 0. The van der Waals surface area contributed by atoms with Crippen molar-refractivity contribution < 1.29 is 23.9 Å². The van der Waals surface area contributed by atoms with Gasteiger partial charge in [0.1, 0.15) is 0 Å². The van der Waals surface area contributed by atoms with Crippen molar-refractivity contribution in [3.05, 3.63) is 48.1 Å². The molecular formula is C23H32O5. The summed E-state index contributed by atoms with van der Waals surface area (Å²) >= 11 is 0. The van der Waals surface area contributed by atoms with E-state index in [4.69, 9.17) is 4.74 Å². The molecule has 28 heavy (non-hydrogen) atoms. The molecule has 0 radical (unpaired) electrons. The van der Waals surface area contributed by atoms with Crippen molar-refractivity contribution in [3.8, 4) is 0 Å². The van der Waals surface area contributed by atoms with Crippen LogP contribution in [0.1, 0.15) is 65.2 Å². The highest BCUT2D eigenvalue weighted by Crippen LogP contribution is 2.34. The Morgan fingerprint density at radius 3 is 2.54 bits per heavy atom. The lowest BCUT2D eigenvalue weighted by atomic mass is 9.91. The number of allylic oxidation sites excluding steroid dienone is 5. The maximum atomic E-state index is 12.3. The number of ether oxygens (including phenoxy) is 2. The molecule has 0 bridgehead atoms. The predicted octanol–water partition coefficient (Wildman–Crippen LogP) is 4.78. The third-order valence-corrected chi connectivity index (χ3v) is 4.49. The van der Waals surface area contributed by atoms with E-state index >= 15 is 0 Å². The highest BCUT2D eigenvalue weighted by Gasteiger charge is 2.41. The monoisotopic (exact) mass is 388 g/mol. The van der Waals surface area contributed by atoms with Crippen LogP contribution < -0.4 is 0 Å². The lowest BCUT2D eigenvalue weighted by molar-refractivity contribution is -0.149. The fourth-order valence-electron chi connectivity index (χ4n) is 3.00. The molecule has 0 unspecified atom stereocenters. The summed E-state index contributed by atoms with van der Waals surface area (Å²) in [6.45, 7) is 3.51. The maximum absolute atomic E-state index is 12.3. The van der Waals surface area contributed by atoms with Gasteiger partial charge in [0.05, 0.1) is 7.11 Å². The third-order valence-electron chi connectivity index (χ3n) is 4.49. The Labute approximate surface area is 168 Å². The van der Waals surface area contributed by atoms with Crippen molar-refractivity contribution in [2.45, 2.75) is 70.8 Å². The van der Waals surface area contributed by atoms with Gasteiger partial charge in [-0.2, -0.15) is 0 Å². The van der Waals surface area contributed by atoms with Gasteiger partial charge in [0.2, 0.25) is 0 Å². The van der Waals surface area contributed by atoms with E-state index in [0.29, 0.717) is 31.3 Å². The van der Waals surface area contributed by atoms with Crippen LogP contribution in [0.25, 0.3) is 0 Å². The van der Waals surface area contributed by atoms with Crippen molar-refractivity contribution in [2.75, 3.05) is 7.11 Å². The van der Waals surface area contributed by atoms with Gasteiger partial charge in [-0.3, -0.25) is 14.4 Å². The second kappa shape index (κ2) is 12.9. The van der Waals surface area contributed by atoms with Gasteiger partial charge in [-0.15, -0.1) is 0 Å². The minimum atomic E-state index is -1.04. The predicted molar refractivity (Wildman–Crippen MR) is 110 cm³/mol. The minimum Gasteiger partial charge on any atom is -0.469 e. The second-order valence-electron chi connectivity index (χ2n) is 6.83. The Kier molecular flexibility index (Phi) is 10.8. The Bertz CT molecular complexity index is 654. The van der Waals surface area contributed by atoms with Crippen LogP contribution in [0, 0.1) is 0 Å². The summed E-state index contributed by atoms with van der Waals surface area (Å²) in [6.07, 6.45) is 19.2. The number of hydrogen-bond acceptors (Lipinski definition) is 5. The third kappa shape index (κ3) is 8.07. The molecule has 0 spiro atoms. The largest absolute Gasteiger partial charge is 0.469 e. The molecule has 1 aliphatic carbocycles. The van der Waals surface area contributed by atoms with Gasteiger partial charge >= 0.3 is 11.9 Å². The molecule has 0 amide bonds. The zero-order chi connectivity index (χ0) is 20.8. The molecule has 0 aromatic heterocycles. The van der Waals surface area contributed by atoms with Crippen LogP contribution in [0.15, 0.2) is 48.1 Å². The van der Waals surface area contributed by atoms with E-state index in [-0.39, 0.29) is 11.8 Å². The molecule has 0 aromatic rings. The maximum Gasteiger partial charge on any atom is 0.305 e. The topological polar surface area (TPSA) is 69.7 Å². The first-order valence-corrected chi connectivity index (χ1v) is 9.97. The first-order valence-electron chi connectivity index (χ1n) is 9.97. The van der Waals surface area contributed by atoms with Gasteiger partial charge in [-0.05, 0) is 37.8 Å². The Morgan fingerprint density at radius 2 is 1.86 bits per heavy atom. The first kappa shape index (κ1) is 23.6. The molecule has 0 aliphatic heterocycles. The Hall–Kier alpha value is -2.43. The lowest BCUT2D eigenvalue weighted by Crippen LogP contribution is -2.33. The first-order chi connectivity index (χ1) is 13.4. The molecule has 1 aliphatic rings. The van der Waals surface area contributed by atoms with E-state index in [1.54, 1.807) is 18.2 Å². The molecule has 0 aromatic carbocycles. The van der Waals surface area contributed by atoms with Gasteiger partial charge in [-0.25, -0.2) is 0 Å². The van der Waals surface area contributed by atoms with Crippen LogP contribution in [0.2, 0.25) is 0 Å². The smallest absolute Gasteiger partial charge is 0.305 e. The standard InChI is InChI=1S/C23H32O5/c1-4-5-6-7-10-13-17-23(28-19(2)24)18-16-21(25)20(23)14-11-8-9-12-15-22(26)27-3/h8,10-11,13-14,16,18H,4-7,9,12,15,17H2,1-3H3/b11-8+,13-10-,20-14?/t23-/m1/s1. The fourth-order valence-corrected chi connectivity index (χ4v) is 3.00. The SMILES string of the molecule is CCCCC/C=C\C[C@@]1(OC(C)=O)C=CC(=O)C1=C/C=C/CCCC(=O)OC. The summed E-state index contributed by atoms with van der Waals surface area (Å²) in [6, 6.07) is 0. The van der Waals surface area contributed by atoms with E-state index in [1.165, 1.54) is 33.0 Å². The molecule has 0 fully saturated rings. The van der Waals surface area contributed by atoms with Crippen LogP contribution >= 0.6 is 0 Å². The van der Waals surface area contributed by atoms with Crippen LogP contribution in [-0.2, 0) is 23.9 Å². The molecule has 1 atom stereocenters. The summed E-state index contributed by atoms with van der Waals surface area (Å²) in [5.41, 5.74) is -0.592. The average molecular weight is 389 g/mol. The molecule has 1 rings (SSSR count). The lowest BCUT2D eigenvalue weighted by Gasteiger charge is -2.27. The number of carbonyl (C=O) groups excluding carboxylic acids is 3. The minimum absolute atomic E-state index is 0.153. The van der Waals surface area contributed by atoms with Crippen molar-refractivity contribution in [1.82, 2.24) is 0 Å². The summed E-state index contributed by atoms with van der Waals surface area (Å²) in [5, 5.41) is 0. The van der Waals surface area contributed by atoms with Crippen molar-refractivity contribution in [3.63, 3.8) is 0 Å². The Balaban J connectivity index is 2.79. The van der Waals surface area contributed by atoms with Crippen molar-refractivity contribution in [1.29, 1.82) is 0 Å². The molecule has 5 nitrogen and oxygen atoms in total. The quantitative estimate of drug-likeness (QED) is 0.208. The van der Waals surface area contributed by atoms with Gasteiger partial charge in [-0.1, -0.05) is 50.1 Å². The van der Waals surface area contributed by atoms with E-state index in [2.05, 4.69) is 17.7 Å².